The molecule has 4 N–H and O–H groups in total. The fraction of sp³-hybridized carbons (Fsp3) is 0.500. The molecule has 17 heavy (non-hydrogen) atoms. The average molecular weight is 263 g/mol. The molecule has 9 heteroatoms. The summed E-state index contributed by atoms with van der Waals surface area (Å²) in [5, 5.41) is 17.1. The third-order valence-corrected chi connectivity index (χ3v) is 3.39. The Bertz CT molecular complexity index is 495. The molecule has 8 nitrogen and oxygen atoms in total. The van der Waals surface area contributed by atoms with Gasteiger partial charge in [0.15, 0.2) is 5.03 Å². The molecule has 1 atom stereocenters. The van der Waals surface area contributed by atoms with Crippen LogP contribution in [0.25, 0.3) is 0 Å². The average Bonchev–Trinajstić information content (AvgIpc) is 2.74. The molecule has 1 rings (SSSR count). The molecule has 0 spiro atoms. The number of aromatic amines is 1. The van der Waals surface area contributed by atoms with Gasteiger partial charge in [-0.25, -0.2) is 13.4 Å². The molecule has 0 saturated heterocycles. The Balaban J connectivity index is 2.91. The first-order valence-electron chi connectivity index (χ1n) is 4.80. The van der Waals surface area contributed by atoms with Crippen LogP contribution in [0, 0.1) is 0 Å². The molecule has 96 valence electrons. The second-order valence-corrected chi connectivity index (χ2v) is 4.92. The lowest BCUT2D eigenvalue weighted by Gasteiger charge is -2.10. The highest BCUT2D eigenvalue weighted by Gasteiger charge is 2.25. The summed E-state index contributed by atoms with van der Waals surface area (Å²) in [5.74, 6) is -0.979. The van der Waals surface area contributed by atoms with Crippen LogP contribution in [0.2, 0.25) is 0 Å². The Morgan fingerprint density at radius 3 is 2.71 bits per heavy atom. The molecule has 0 saturated carbocycles. The van der Waals surface area contributed by atoms with E-state index in [2.05, 4.69) is 9.97 Å². The second-order valence-electron chi connectivity index (χ2n) is 3.24. The predicted octanol–water partition coefficient (Wildman–Crippen LogP) is -1.30. The van der Waals surface area contributed by atoms with E-state index in [0.717, 1.165) is 6.20 Å². The van der Waals surface area contributed by atoms with Crippen LogP contribution in [0.4, 0.5) is 0 Å². The largest absolute Gasteiger partial charge is 0.480 e. The number of carbonyl (C=O) groups is 1. The topological polar surface area (TPSA) is 132 Å². The lowest BCUT2D eigenvalue weighted by atomic mass is 10.3. The summed E-state index contributed by atoms with van der Waals surface area (Å²) in [6, 6.07) is -1.58. The first kappa shape index (κ1) is 13.6. The summed E-state index contributed by atoms with van der Waals surface area (Å²) in [4.78, 5) is 16.9. The molecule has 0 amide bonds. The minimum absolute atomic E-state index is 0.228. The van der Waals surface area contributed by atoms with Crippen molar-refractivity contribution < 1.29 is 23.4 Å². The summed E-state index contributed by atoms with van der Waals surface area (Å²) in [6.45, 7) is 0.958. The first-order valence-corrected chi connectivity index (χ1v) is 6.29. The fourth-order valence-corrected chi connectivity index (χ4v) is 2.20. The zero-order valence-corrected chi connectivity index (χ0v) is 9.86. The number of aryl methyl sites for hydroxylation is 1. The SMILES string of the molecule is CCc1ncc(S(=O)(=O)N[C@H](CO)C(=O)O)[nH]1. The predicted molar refractivity (Wildman–Crippen MR) is 56.8 cm³/mol. The fourth-order valence-electron chi connectivity index (χ4n) is 1.08. The van der Waals surface area contributed by atoms with Crippen molar-refractivity contribution in [3.63, 3.8) is 0 Å². The van der Waals surface area contributed by atoms with Gasteiger partial charge in [0.2, 0.25) is 0 Å². The molecule has 0 aliphatic rings. The zero-order chi connectivity index (χ0) is 13.1. The van der Waals surface area contributed by atoms with E-state index < -0.39 is 28.6 Å². The Morgan fingerprint density at radius 2 is 2.29 bits per heavy atom. The summed E-state index contributed by atoms with van der Waals surface area (Å²) in [5.41, 5.74) is 0. The van der Waals surface area contributed by atoms with Crippen LogP contribution in [0.3, 0.4) is 0 Å². The number of carboxylic acid groups (broad SMARTS) is 1. The van der Waals surface area contributed by atoms with E-state index in [1.165, 1.54) is 0 Å². The number of aromatic nitrogens is 2. The van der Waals surface area contributed by atoms with Gasteiger partial charge in [-0.2, -0.15) is 4.72 Å². The number of aliphatic carboxylic acids is 1. The minimum atomic E-state index is -4.01. The van der Waals surface area contributed by atoms with Crippen LogP contribution in [0.5, 0.6) is 0 Å². The number of imidazole rings is 1. The number of rotatable bonds is 6. The number of sulfonamides is 1. The van der Waals surface area contributed by atoms with E-state index in [1.54, 1.807) is 6.92 Å². The number of hydrogen-bond acceptors (Lipinski definition) is 5. The monoisotopic (exact) mass is 263 g/mol. The lowest BCUT2D eigenvalue weighted by Crippen LogP contribution is -2.43. The van der Waals surface area contributed by atoms with Crippen LogP contribution >= 0.6 is 0 Å². The van der Waals surface area contributed by atoms with Gasteiger partial charge in [0, 0.05) is 6.42 Å². The van der Waals surface area contributed by atoms with Crippen molar-refractivity contribution in [3.8, 4) is 0 Å². The third kappa shape index (κ3) is 3.25. The minimum Gasteiger partial charge on any atom is -0.480 e. The van der Waals surface area contributed by atoms with Crippen LogP contribution in [0.1, 0.15) is 12.7 Å². The summed E-state index contributed by atoms with van der Waals surface area (Å²) in [7, 11) is -4.01. The van der Waals surface area contributed by atoms with E-state index in [0.29, 0.717) is 12.2 Å². The van der Waals surface area contributed by atoms with Crippen LogP contribution in [-0.2, 0) is 21.2 Å². The normalized spacial score (nSPS) is 13.5. The highest BCUT2D eigenvalue weighted by atomic mass is 32.2. The van der Waals surface area contributed by atoms with E-state index in [1.807, 2.05) is 4.72 Å². The van der Waals surface area contributed by atoms with Crippen LogP contribution in [-0.4, -0.2) is 47.2 Å². The molecule has 1 aromatic heterocycles. The van der Waals surface area contributed by atoms with Crippen LogP contribution < -0.4 is 4.72 Å². The molecule has 0 bridgehead atoms. The van der Waals surface area contributed by atoms with Gasteiger partial charge in [-0.15, -0.1) is 0 Å². The Labute approximate surface area is 97.7 Å². The molecule has 1 heterocycles. The molecule has 0 aromatic carbocycles. The molecule has 0 aliphatic carbocycles. The van der Waals surface area contributed by atoms with E-state index in [4.69, 9.17) is 10.2 Å². The highest BCUT2D eigenvalue weighted by molar-refractivity contribution is 7.89. The van der Waals surface area contributed by atoms with Gasteiger partial charge in [0.1, 0.15) is 11.9 Å². The van der Waals surface area contributed by atoms with E-state index in [-0.39, 0.29) is 5.03 Å². The molecular weight excluding hydrogens is 250 g/mol. The molecule has 0 radical (unpaired) electrons. The first-order chi connectivity index (χ1) is 7.90. The van der Waals surface area contributed by atoms with Gasteiger partial charge in [0.05, 0.1) is 12.8 Å². The van der Waals surface area contributed by atoms with Gasteiger partial charge in [0.25, 0.3) is 10.0 Å². The second kappa shape index (κ2) is 5.25. The van der Waals surface area contributed by atoms with E-state index in [9.17, 15) is 13.2 Å². The van der Waals surface area contributed by atoms with E-state index >= 15 is 0 Å². The zero-order valence-electron chi connectivity index (χ0n) is 9.04. The Morgan fingerprint density at radius 1 is 1.65 bits per heavy atom. The summed E-state index contributed by atoms with van der Waals surface area (Å²) in [6.07, 6.45) is 1.62. The lowest BCUT2D eigenvalue weighted by molar-refractivity contribution is -0.139. The number of carboxylic acids is 1. The number of nitrogens with zero attached hydrogens (tertiary/aromatic N) is 1. The van der Waals surface area contributed by atoms with Crippen molar-refractivity contribution in [2.24, 2.45) is 0 Å². The number of nitrogens with one attached hydrogen (secondary N) is 2. The van der Waals surface area contributed by atoms with Crippen molar-refractivity contribution >= 4 is 16.0 Å². The van der Waals surface area contributed by atoms with Crippen molar-refractivity contribution in [2.75, 3.05) is 6.61 Å². The van der Waals surface area contributed by atoms with Gasteiger partial charge >= 0.3 is 5.97 Å². The van der Waals surface area contributed by atoms with Gasteiger partial charge in [-0.1, -0.05) is 6.92 Å². The van der Waals surface area contributed by atoms with Crippen LogP contribution in [0.15, 0.2) is 11.2 Å². The van der Waals surface area contributed by atoms with Crippen molar-refractivity contribution in [1.82, 2.24) is 14.7 Å². The molecule has 1 aromatic rings. The van der Waals surface area contributed by atoms with Crippen molar-refractivity contribution in [2.45, 2.75) is 24.4 Å². The number of aliphatic hydroxyl groups excluding tert-OH is 1. The number of hydrogen-bond donors (Lipinski definition) is 4. The van der Waals surface area contributed by atoms with Gasteiger partial charge in [-0.05, 0) is 0 Å². The van der Waals surface area contributed by atoms with Gasteiger partial charge < -0.3 is 15.2 Å². The molecular formula is C8H13N3O5S. The smallest absolute Gasteiger partial charge is 0.324 e. The number of aliphatic hydroxyl groups is 1. The molecule has 0 fully saturated rings. The number of H-pyrrole nitrogens is 1. The maximum Gasteiger partial charge on any atom is 0.324 e. The highest BCUT2D eigenvalue weighted by Crippen LogP contribution is 2.06. The Hall–Kier alpha value is -1.45. The maximum absolute atomic E-state index is 11.7. The summed E-state index contributed by atoms with van der Waals surface area (Å²) >= 11 is 0. The quantitative estimate of drug-likeness (QED) is 0.504. The summed E-state index contributed by atoms with van der Waals surface area (Å²) < 4.78 is 25.2. The van der Waals surface area contributed by atoms with Gasteiger partial charge in [-0.3, -0.25) is 4.79 Å². The third-order valence-electron chi connectivity index (χ3n) is 2.01. The molecule has 0 aliphatic heterocycles. The standard InChI is InChI=1S/C8H13N3O5S/c1-2-6-9-3-7(10-6)17(15,16)11-5(4-12)8(13)14/h3,5,11-12H,2,4H2,1H3,(H,9,10)(H,13,14)/t5-/m1/s1. The maximum atomic E-state index is 11.7. The van der Waals surface area contributed by atoms with Crippen molar-refractivity contribution in [1.29, 1.82) is 0 Å². The van der Waals surface area contributed by atoms with Crippen molar-refractivity contribution in [3.05, 3.63) is 12.0 Å². The Kier molecular flexibility index (Phi) is 4.21. The molecule has 0 unspecified atom stereocenters.